The summed E-state index contributed by atoms with van der Waals surface area (Å²) in [6, 6.07) is 12.7. The third-order valence-electron chi connectivity index (χ3n) is 3.50. The molecule has 0 fully saturated rings. The summed E-state index contributed by atoms with van der Waals surface area (Å²) in [6.45, 7) is 0.543. The first-order valence-corrected chi connectivity index (χ1v) is 7.38. The van der Waals surface area contributed by atoms with Crippen molar-refractivity contribution in [2.45, 2.75) is 6.42 Å². The molecule has 1 aromatic carbocycles. The van der Waals surface area contributed by atoms with E-state index < -0.39 is 0 Å². The van der Waals surface area contributed by atoms with Crippen LogP contribution in [0.15, 0.2) is 60.9 Å². The topological polar surface area (TPSA) is 66.6 Å². The second-order valence-electron chi connectivity index (χ2n) is 5.15. The molecule has 0 unspecified atom stereocenters. The number of hydrogen-bond donors (Lipinski definition) is 2. The summed E-state index contributed by atoms with van der Waals surface area (Å²) in [7, 11) is 0. The van der Waals surface area contributed by atoms with E-state index in [-0.39, 0.29) is 11.7 Å². The van der Waals surface area contributed by atoms with Crippen LogP contribution < -0.4 is 5.32 Å². The van der Waals surface area contributed by atoms with Crippen molar-refractivity contribution in [2.75, 3.05) is 6.54 Å². The molecular weight excluding hydrogens is 290 g/mol. The summed E-state index contributed by atoms with van der Waals surface area (Å²) in [5, 5.41) is 12.1. The predicted octanol–water partition coefficient (Wildman–Crippen LogP) is 2.41. The van der Waals surface area contributed by atoms with Gasteiger partial charge in [0.25, 0.3) is 0 Å². The molecule has 0 radical (unpaired) electrons. The van der Waals surface area contributed by atoms with Gasteiger partial charge in [-0.25, -0.2) is 4.98 Å². The molecule has 0 aliphatic carbocycles. The highest BCUT2D eigenvalue weighted by molar-refractivity contribution is 5.91. The molecule has 0 saturated heterocycles. The Bertz CT molecular complexity index is 835. The number of aromatic hydroxyl groups is 1. The molecule has 2 heterocycles. The molecule has 0 aliphatic heterocycles. The number of benzene rings is 1. The highest BCUT2D eigenvalue weighted by Crippen LogP contribution is 2.10. The fraction of sp³-hybridized carbons (Fsp3) is 0.111. The minimum absolute atomic E-state index is 0.144. The van der Waals surface area contributed by atoms with Gasteiger partial charge in [-0.15, -0.1) is 0 Å². The zero-order valence-electron chi connectivity index (χ0n) is 12.5. The Morgan fingerprint density at radius 2 is 2.04 bits per heavy atom. The van der Waals surface area contributed by atoms with Crippen molar-refractivity contribution >= 4 is 17.6 Å². The van der Waals surface area contributed by atoms with E-state index in [0.29, 0.717) is 6.54 Å². The number of amides is 1. The number of nitrogens with zero attached hydrogens (tertiary/aromatic N) is 2. The first-order valence-electron chi connectivity index (χ1n) is 7.38. The van der Waals surface area contributed by atoms with Gasteiger partial charge in [-0.1, -0.05) is 18.2 Å². The standard InChI is InChI=1S/C18H17N3O2/c22-16-7-4-14(5-8-16)10-11-19-18(23)9-6-15-13-20-17-3-1-2-12-21(15)17/h1-9,12-13,22H,10-11H2,(H,19,23)/b9-6+. The Balaban J connectivity index is 1.53. The number of carbonyl (C=O) groups excluding carboxylic acids is 1. The van der Waals surface area contributed by atoms with Crippen molar-refractivity contribution in [1.82, 2.24) is 14.7 Å². The maximum absolute atomic E-state index is 11.9. The Hall–Kier alpha value is -3.08. The second-order valence-corrected chi connectivity index (χ2v) is 5.15. The minimum Gasteiger partial charge on any atom is -0.508 e. The quantitative estimate of drug-likeness (QED) is 0.711. The highest BCUT2D eigenvalue weighted by atomic mass is 16.3. The third-order valence-corrected chi connectivity index (χ3v) is 3.50. The molecule has 1 amide bonds. The van der Waals surface area contributed by atoms with Crippen LogP contribution in [-0.2, 0) is 11.2 Å². The monoisotopic (exact) mass is 307 g/mol. The van der Waals surface area contributed by atoms with Gasteiger partial charge >= 0.3 is 0 Å². The number of rotatable bonds is 5. The van der Waals surface area contributed by atoms with Gasteiger partial charge in [-0.2, -0.15) is 0 Å². The van der Waals surface area contributed by atoms with E-state index in [4.69, 9.17) is 0 Å². The van der Waals surface area contributed by atoms with E-state index in [9.17, 15) is 9.90 Å². The van der Waals surface area contributed by atoms with Crippen molar-refractivity contribution in [3.63, 3.8) is 0 Å². The Labute approximate surface area is 133 Å². The van der Waals surface area contributed by atoms with Gasteiger partial charge in [0.2, 0.25) is 5.91 Å². The van der Waals surface area contributed by atoms with Crippen molar-refractivity contribution < 1.29 is 9.90 Å². The number of imidazole rings is 1. The van der Waals surface area contributed by atoms with Crippen LogP contribution in [0.25, 0.3) is 11.7 Å². The van der Waals surface area contributed by atoms with Crippen LogP contribution in [0.2, 0.25) is 0 Å². The molecule has 2 N–H and O–H groups in total. The molecule has 5 nitrogen and oxygen atoms in total. The van der Waals surface area contributed by atoms with Crippen molar-refractivity contribution in [1.29, 1.82) is 0 Å². The molecule has 0 spiro atoms. The molecule has 0 bridgehead atoms. The fourth-order valence-electron chi connectivity index (χ4n) is 2.29. The highest BCUT2D eigenvalue weighted by Gasteiger charge is 2.00. The molecule has 2 aromatic heterocycles. The molecule has 23 heavy (non-hydrogen) atoms. The largest absolute Gasteiger partial charge is 0.508 e. The summed E-state index contributed by atoms with van der Waals surface area (Å²) in [5.41, 5.74) is 2.77. The van der Waals surface area contributed by atoms with Gasteiger partial charge < -0.3 is 14.8 Å². The zero-order valence-corrected chi connectivity index (χ0v) is 12.5. The molecule has 5 heteroatoms. The van der Waals surface area contributed by atoms with E-state index in [1.807, 2.05) is 40.9 Å². The minimum atomic E-state index is -0.144. The van der Waals surface area contributed by atoms with Crippen molar-refractivity contribution in [3.8, 4) is 5.75 Å². The molecule has 3 aromatic rings. The Morgan fingerprint density at radius 1 is 1.22 bits per heavy atom. The number of fused-ring (bicyclic) bond motifs is 1. The molecule has 3 rings (SSSR count). The molecular formula is C18H17N3O2. The molecule has 0 saturated carbocycles. The average Bonchev–Trinajstić information content (AvgIpc) is 2.98. The lowest BCUT2D eigenvalue weighted by Gasteiger charge is -2.03. The fourth-order valence-corrected chi connectivity index (χ4v) is 2.29. The van der Waals surface area contributed by atoms with E-state index in [1.165, 1.54) is 6.08 Å². The normalized spacial score (nSPS) is 11.1. The van der Waals surface area contributed by atoms with Gasteiger partial charge in [0, 0.05) is 18.8 Å². The van der Waals surface area contributed by atoms with Gasteiger partial charge in [0.05, 0.1) is 11.9 Å². The molecule has 0 aliphatic rings. The Kier molecular flexibility index (Phi) is 4.38. The van der Waals surface area contributed by atoms with Crippen LogP contribution >= 0.6 is 0 Å². The second kappa shape index (κ2) is 6.79. The predicted molar refractivity (Wildman–Crippen MR) is 89.0 cm³/mol. The number of phenols is 1. The number of carbonyl (C=O) groups is 1. The number of aromatic nitrogens is 2. The van der Waals surface area contributed by atoms with Crippen LogP contribution in [-0.4, -0.2) is 26.9 Å². The van der Waals surface area contributed by atoms with Crippen LogP contribution in [0.1, 0.15) is 11.3 Å². The van der Waals surface area contributed by atoms with Crippen LogP contribution in [0.3, 0.4) is 0 Å². The number of pyridine rings is 1. The van der Waals surface area contributed by atoms with Gasteiger partial charge in [0.15, 0.2) is 0 Å². The first-order chi connectivity index (χ1) is 11.2. The summed E-state index contributed by atoms with van der Waals surface area (Å²) in [5.74, 6) is 0.100. The summed E-state index contributed by atoms with van der Waals surface area (Å²) >= 11 is 0. The smallest absolute Gasteiger partial charge is 0.244 e. The van der Waals surface area contributed by atoms with Gasteiger partial charge in [0.1, 0.15) is 11.4 Å². The zero-order chi connectivity index (χ0) is 16.1. The molecule has 116 valence electrons. The third kappa shape index (κ3) is 3.77. The summed E-state index contributed by atoms with van der Waals surface area (Å²) in [6.07, 6.45) is 7.61. The summed E-state index contributed by atoms with van der Waals surface area (Å²) < 4.78 is 1.92. The SMILES string of the molecule is O=C(/C=C/c1cnc2ccccn12)NCCc1ccc(O)cc1. The van der Waals surface area contributed by atoms with E-state index in [1.54, 1.807) is 24.4 Å². The Morgan fingerprint density at radius 3 is 2.87 bits per heavy atom. The summed E-state index contributed by atoms with van der Waals surface area (Å²) in [4.78, 5) is 16.1. The maximum atomic E-state index is 11.9. The number of nitrogens with one attached hydrogen (secondary N) is 1. The average molecular weight is 307 g/mol. The van der Waals surface area contributed by atoms with Crippen molar-refractivity contribution in [3.05, 3.63) is 72.2 Å². The number of hydrogen-bond acceptors (Lipinski definition) is 3. The van der Waals surface area contributed by atoms with Crippen LogP contribution in [0, 0.1) is 0 Å². The first kappa shape index (κ1) is 14.8. The maximum Gasteiger partial charge on any atom is 0.244 e. The van der Waals surface area contributed by atoms with Crippen LogP contribution in [0.5, 0.6) is 5.75 Å². The van der Waals surface area contributed by atoms with Gasteiger partial charge in [-0.3, -0.25) is 4.79 Å². The van der Waals surface area contributed by atoms with Crippen LogP contribution in [0.4, 0.5) is 0 Å². The lowest BCUT2D eigenvalue weighted by molar-refractivity contribution is -0.116. The van der Waals surface area contributed by atoms with Crippen molar-refractivity contribution in [2.24, 2.45) is 0 Å². The van der Waals surface area contributed by atoms with Gasteiger partial charge in [-0.05, 0) is 42.3 Å². The lowest BCUT2D eigenvalue weighted by atomic mass is 10.1. The van der Waals surface area contributed by atoms with E-state index in [2.05, 4.69) is 10.3 Å². The number of phenolic OH excluding ortho intramolecular Hbond substituents is 1. The molecule has 0 atom stereocenters. The lowest BCUT2D eigenvalue weighted by Crippen LogP contribution is -2.23. The van der Waals surface area contributed by atoms with E-state index in [0.717, 1.165) is 23.3 Å². The van der Waals surface area contributed by atoms with E-state index >= 15 is 0 Å².